The molecule has 0 N–H and O–H groups in total. The maximum atomic E-state index is 2.36. The van der Waals surface area contributed by atoms with E-state index in [0.29, 0.717) is 0 Å². The van der Waals surface area contributed by atoms with Crippen molar-refractivity contribution in [1.29, 1.82) is 0 Å². The molecule has 0 atom stereocenters. The zero-order chi connectivity index (χ0) is 15.8. The molecule has 0 spiro atoms. The van der Waals surface area contributed by atoms with Crippen molar-refractivity contribution in [2.75, 3.05) is 0 Å². The molecule has 0 radical (unpaired) electrons. The smallest absolute Gasteiger partial charge is 0.0219 e. The van der Waals surface area contributed by atoms with E-state index in [1.165, 1.54) is 53.5 Å². The quantitative estimate of drug-likeness (QED) is 0.388. The first-order valence-corrected chi connectivity index (χ1v) is 8.53. The van der Waals surface area contributed by atoms with E-state index in [1.54, 1.807) is 0 Å². The molecular formula is C22H28. The predicted molar refractivity (Wildman–Crippen MR) is 99.0 cm³/mol. The molecule has 0 amide bonds. The molecule has 0 aromatic heterocycles. The number of rotatable bonds is 7. The van der Waals surface area contributed by atoms with E-state index in [2.05, 4.69) is 75.4 Å². The molecule has 0 bridgehead atoms. The van der Waals surface area contributed by atoms with Crippen LogP contribution in [0.25, 0.3) is 11.6 Å². The van der Waals surface area contributed by atoms with Crippen LogP contribution in [-0.2, 0) is 0 Å². The molecule has 0 heteroatoms. The van der Waals surface area contributed by atoms with Gasteiger partial charge in [-0.15, -0.1) is 0 Å². The Morgan fingerprint density at radius 1 is 0.864 bits per heavy atom. The Morgan fingerprint density at radius 2 is 1.55 bits per heavy atom. The van der Waals surface area contributed by atoms with Crippen molar-refractivity contribution in [1.82, 2.24) is 0 Å². The standard InChI is InChI=1S/C22H28/c1-4-5-6-10-13-21(17-20-11-8-7-9-12-20)22-15-18(2)14-19(3)16-22/h7-9,11-12,14-17H,4-6,10,13H2,1-3H3/b21-17+. The average Bonchev–Trinajstić information content (AvgIpc) is 2.50. The minimum Gasteiger partial charge on any atom is -0.0654 e. The fourth-order valence-electron chi connectivity index (χ4n) is 2.95. The summed E-state index contributed by atoms with van der Waals surface area (Å²) in [5, 5.41) is 0. The third-order valence-corrected chi connectivity index (χ3v) is 4.03. The van der Waals surface area contributed by atoms with Gasteiger partial charge in [0.05, 0.1) is 0 Å². The highest BCUT2D eigenvalue weighted by molar-refractivity contribution is 5.81. The first-order valence-electron chi connectivity index (χ1n) is 8.53. The van der Waals surface area contributed by atoms with E-state index >= 15 is 0 Å². The summed E-state index contributed by atoms with van der Waals surface area (Å²) in [5.74, 6) is 0. The third-order valence-electron chi connectivity index (χ3n) is 4.03. The van der Waals surface area contributed by atoms with Crippen LogP contribution in [0.4, 0.5) is 0 Å². The van der Waals surface area contributed by atoms with Crippen molar-refractivity contribution >= 4 is 11.6 Å². The Hall–Kier alpha value is -1.82. The van der Waals surface area contributed by atoms with Crippen LogP contribution in [0.2, 0.25) is 0 Å². The van der Waals surface area contributed by atoms with Crippen molar-refractivity contribution in [3.8, 4) is 0 Å². The minimum atomic E-state index is 1.16. The van der Waals surface area contributed by atoms with Gasteiger partial charge in [-0.1, -0.05) is 91.9 Å². The molecule has 0 aliphatic rings. The highest BCUT2D eigenvalue weighted by Crippen LogP contribution is 2.26. The molecule has 0 fully saturated rings. The zero-order valence-corrected chi connectivity index (χ0v) is 14.2. The first kappa shape index (κ1) is 16.5. The second-order valence-corrected chi connectivity index (χ2v) is 6.27. The van der Waals surface area contributed by atoms with Crippen molar-refractivity contribution in [2.45, 2.75) is 52.9 Å². The largest absolute Gasteiger partial charge is 0.0654 e. The lowest BCUT2D eigenvalue weighted by molar-refractivity contribution is 0.679. The molecule has 0 aliphatic heterocycles. The van der Waals surface area contributed by atoms with Crippen molar-refractivity contribution < 1.29 is 0 Å². The van der Waals surface area contributed by atoms with E-state index in [9.17, 15) is 0 Å². The van der Waals surface area contributed by atoms with Gasteiger partial charge in [-0.3, -0.25) is 0 Å². The van der Waals surface area contributed by atoms with Crippen molar-refractivity contribution in [3.05, 3.63) is 70.8 Å². The number of benzene rings is 2. The van der Waals surface area contributed by atoms with Crippen LogP contribution in [0, 0.1) is 13.8 Å². The lowest BCUT2D eigenvalue weighted by Crippen LogP contribution is -1.90. The summed E-state index contributed by atoms with van der Waals surface area (Å²) >= 11 is 0. The molecule has 2 aromatic carbocycles. The summed E-state index contributed by atoms with van der Waals surface area (Å²) in [6.07, 6.45) is 8.76. The number of unbranched alkanes of at least 4 members (excludes halogenated alkanes) is 3. The van der Waals surface area contributed by atoms with Crippen LogP contribution in [0.1, 0.15) is 61.3 Å². The van der Waals surface area contributed by atoms with Crippen molar-refractivity contribution in [3.63, 3.8) is 0 Å². The lowest BCUT2D eigenvalue weighted by atomic mass is 9.94. The van der Waals surface area contributed by atoms with Gasteiger partial charge in [-0.2, -0.15) is 0 Å². The fraction of sp³-hybridized carbons (Fsp3) is 0.364. The molecule has 22 heavy (non-hydrogen) atoms. The molecular weight excluding hydrogens is 264 g/mol. The Kier molecular flexibility index (Phi) is 6.45. The van der Waals surface area contributed by atoms with Crippen LogP contribution in [-0.4, -0.2) is 0 Å². The van der Waals surface area contributed by atoms with Gasteiger partial charge < -0.3 is 0 Å². The van der Waals surface area contributed by atoms with E-state index in [4.69, 9.17) is 0 Å². The number of hydrogen-bond acceptors (Lipinski definition) is 0. The van der Waals surface area contributed by atoms with Gasteiger partial charge in [0.15, 0.2) is 0 Å². The van der Waals surface area contributed by atoms with E-state index in [-0.39, 0.29) is 0 Å². The summed E-state index contributed by atoms with van der Waals surface area (Å²) in [6, 6.07) is 17.6. The van der Waals surface area contributed by atoms with Crippen molar-refractivity contribution in [2.24, 2.45) is 0 Å². The Morgan fingerprint density at radius 3 is 2.18 bits per heavy atom. The number of hydrogen-bond donors (Lipinski definition) is 0. The summed E-state index contributed by atoms with van der Waals surface area (Å²) in [5.41, 5.74) is 6.85. The van der Waals surface area contributed by atoms with Crippen LogP contribution >= 0.6 is 0 Å². The molecule has 0 heterocycles. The van der Waals surface area contributed by atoms with Crippen LogP contribution in [0.5, 0.6) is 0 Å². The van der Waals surface area contributed by atoms with Gasteiger partial charge in [-0.25, -0.2) is 0 Å². The predicted octanol–water partition coefficient (Wildman–Crippen LogP) is 6.81. The summed E-state index contributed by atoms with van der Waals surface area (Å²) in [7, 11) is 0. The Balaban J connectivity index is 2.26. The molecule has 2 aromatic rings. The van der Waals surface area contributed by atoms with Gasteiger partial charge in [0, 0.05) is 0 Å². The third kappa shape index (κ3) is 5.18. The average molecular weight is 292 g/mol. The maximum absolute atomic E-state index is 2.36. The second kappa shape index (κ2) is 8.58. The Bertz CT molecular complexity index is 585. The number of aryl methyl sites for hydroxylation is 2. The van der Waals surface area contributed by atoms with Gasteiger partial charge in [0.1, 0.15) is 0 Å². The first-order chi connectivity index (χ1) is 10.7. The molecule has 0 aliphatic carbocycles. The maximum Gasteiger partial charge on any atom is -0.0219 e. The van der Waals surface area contributed by atoms with Gasteiger partial charge in [-0.05, 0) is 43.4 Å². The van der Waals surface area contributed by atoms with Gasteiger partial charge in [0.2, 0.25) is 0 Å². The minimum absolute atomic E-state index is 1.16. The molecule has 116 valence electrons. The van der Waals surface area contributed by atoms with E-state index in [0.717, 1.165) is 6.42 Å². The zero-order valence-electron chi connectivity index (χ0n) is 14.2. The monoisotopic (exact) mass is 292 g/mol. The highest BCUT2D eigenvalue weighted by Gasteiger charge is 2.04. The fourth-order valence-corrected chi connectivity index (χ4v) is 2.95. The van der Waals surface area contributed by atoms with Crippen LogP contribution in [0.15, 0.2) is 48.5 Å². The SMILES string of the molecule is CCCCCC/C(=C\c1ccccc1)c1cc(C)cc(C)c1. The topological polar surface area (TPSA) is 0 Å². The summed E-state index contributed by atoms with van der Waals surface area (Å²) in [6.45, 7) is 6.64. The normalized spacial score (nSPS) is 11.7. The number of allylic oxidation sites excluding steroid dienone is 1. The summed E-state index contributed by atoms with van der Waals surface area (Å²) in [4.78, 5) is 0. The Labute approximate surface area is 135 Å². The highest BCUT2D eigenvalue weighted by atomic mass is 14.1. The lowest BCUT2D eigenvalue weighted by Gasteiger charge is -2.11. The van der Waals surface area contributed by atoms with Gasteiger partial charge in [0.25, 0.3) is 0 Å². The van der Waals surface area contributed by atoms with Crippen LogP contribution in [0.3, 0.4) is 0 Å². The van der Waals surface area contributed by atoms with E-state index < -0.39 is 0 Å². The summed E-state index contributed by atoms with van der Waals surface area (Å²) < 4.78 is 0. The van der Waals surface area contributed by atoms with Crippen LogP contribution < -0.4 is 0 Å². The van der Waals surface area contributed by atoms with E-state index in [1.807, 2.05) is 0 Å². The molecule has 0 unspecified atom stereocenters. The van der Waals surface area contributed by atoms with Gasteiger partial charge >= 0.3 is 0 Å². The molecule has 0 nitrogen and oxygen atoms in total. The molecule has 0 saturated heterocycles. The molecule has 2 rings (SSSR count). The molecule has 0 saturated carbocycles. The second-order valence-electron chi connectivity index (χ2n) is 6.27.